The zero-order chi connectivity index (χ0) is 16.2. The van der Waals surface area contributed by atoms with Crippen LogP contribution in [-0.2, 0) is 9.59 Å². The summed E-state index contributed by atoms with van der Waals surface area (Å²) in [6, 6.07) is -0.821. The van der Waals surface area contributed by atoms with Crippen molar-refractivity contribution in [2.24, 2.45) is 17.3 Å². The third-order valence-corrected chi connectivity index (χ3v) is 4.28. The Hall–Kier alpha value is -1.10. The van der Waals surface area contributed by atoms with E-state index in [1.165, 1.54) is 0 Å². The first kappa shape index (κ1) is 18.0. The fraction of sp³-hybridized carbons (Fsp3) is 0.875. The molecule has 1 aliphatic heterocycles. The van der Waals surface area contributed by atoms with Crippen molar-refractivity contribution < 1.29 is 14.7 Å². The molecule has 1 rings (SSSR count). The van der Waals surface area contributed by atoms with E-state index in [-0.39, 0.29) is 29.8 Å². The van der Waals surface area contributed by atoms with Crippen LogP contribution in [0.1, 0.15) is 47.5 Å². The molecule has 0 spiro atoms. The number of hydrogen-bond acceptors (Lipinski definition) is 3. The summed E-state index contributed by atoms with van der Waals surface area (Å²) in [6.45, 7) is 11.2. The van der Waals surface area contributed by atoms with E-state index >= 15 is 0 Å². The third-order valence-electron chi connectivity index (χ3n) is 4.28. The lowest BCUT2D eigenvalue weighted by molar-refractivity contribution is -0.140. The van der Waals surface area contributed by atoms with Crippen LogP contribution in [0.25, 0.3) is 0 Å². The number of aliphatic hydroxyl groups is 1. The Bertz CT molecular complexity index is 374. The Morgan fingerprint density at radius 3 is 2.43 bits per heavy atom. The molecule has 2 unspecified atom stereocenters. The van der Waals surface area contributed by atoms with Gasteiger partial charge in [0.25, 0.3) is 0 Å². The highest BCUT2D eigenvalue weighted by molar-refractivity contribution is 5.88. The van der Waals surface area contributed by atoms with Gasteiger partial charge in [-0.25, -0.2) is 0 Å². The van der Waals surface area contributed by atoms with Gasteiger partial charge in [0.2, 0.25) is 11.8 Å². The minimum atomic E-state index is -0.821. The SMILES string of the molecule is CC(C)C(=O)NC(CO)C(=O)N1CCCC(C(C)(C)C)C1. The number of aliphatic hydroxyl groups excluding tert-OH is 1. The summed E-state index contributed by atoms with van der Waals surface area (Å²) in [6.07, 6.45) is 2.10. The number of carbonyl (C=O) groups excluding carboxylic acids is 2. The van der Waals surface area contributed by atoms with Crippen LogP contribution in [-0.4, -0.2) is 47.6 Å². The molecule has 1 fully saturated rings. The van der Waals surface area contributed by atoms with Gasteiger partial charge in [-0.05, 0) is 24.2 Å². The normalized spacial score (nSPS) is 21.3. The second-order valence-corrected chi connectivity index (χ2v) is 7.39. The van der Waals surface area contributed by atoms with Gasteiger partial charge in [0.1, 0.15) is 6.04 Å². The van der Waals surface area contributed by atoms with E-state index in [0.29, 0.717) is 19.0 Å². The lowest BCUT2D eigenvalue weighted by Gasteiger charge is -2.40. The zero-order valence-electron chi connectivity index (χ0n) is 14.0. The number of piperidine rings is 1. The fourth-order valence-corrected chi connectivity index (χ4v) is 2.63. The highest BCUT2D eigenvalue weighted by atomic mass is 16.3. The van der Waals surface area contributed by atoms with Crippen molar-refractivity contribution >= 4 is 11.8 Å². The van der Waals surface area contributed by atoms with E-state index in [1.54, 1.807) is 18.7 Å². The average Bonchev–Trinajstić information content (AvgIpc) is 2.42. The smallest absolute Gasteiger partial charge is 0.247 e. The molecule has 0 aliphatic carbocycles. The molecule has 0 saturated carbocycles. The van der Waals surface area contributed by atoms with Gasteiger partial charge >= 0.3 is 0 Å². The Kier molecular flexibility index (Phi) is 6.20. The number of carbonyl (C=O) groups is 2. The lowest BCUT2D eigenvalue weighted by atomic mass is 9.76. The predicted molar refractivity (Wildman–Crippen MR) is 82.6 cm³/mol. The molecule has 122 valence electrons. The Morgan fingerprint density at radius 1 is 1.33 bits per heavy atom. The highest BCUT2D eigenvalue weighted by Crippen LogP contribution is 2.33. The van der Waals surface area contributed by atoms with Crippen LogP contribution < -0.4 is 5.32 Å². The number of likely N-dealkylation sites (tertiary alicyclic amines) is 1. The third kappa shape index (κ3) is 4.99. The van der Waals surface area contributed by atoms with Crippen LogP contribution in [0.2, 0.25) is 0 Å². The predicted octanol–water partition coefficient (Wildman–Crippen LogP) is 1.40. The summed E-state index contributed by atoms with van der Waals surface area (Å²) < 4.78 is 0. The number of nitrogens with zero attached hydrogens (tertiary/aromatic N) is 1. The summed E-state index contributed by atoms with van der Waals surface area (Å²) >= 11 is 0. The van der Waals surface area contributed by atoms with Gasteiger partial charge in [-0.1, -0.05) is 34.6 Å². The van der Waals surface area contributed by atoms with Gasteiger partial charge < -0.3 is 15.3 Å². The van der Waals surface area contributed by atoms with E-state index in [9.17, 15) is 14.7 Å². The van der Waals surface area contributed by atoms with Gasteiger partial charge in [0, 0.05) is 19.0 Å². The minimum absolute atomic E-state index is 0.162. The number of hydrogen-bond donors (Lipinski definition) is 2. The summed E-state index contributed by atoms with van der Waals surface area (Å²) in [5.74, 6) is -0.113. The van der Waals surface area contributed by atoms with E-state index in [1.807, 2.05) is 0 Å². The Balaban J connectivity index is 2.69. The van der Waals surface area contributed by atoms with Crippen molar-refractivity contribution in [1.82, 2.24) is 10.2 Å². The second-order valence-electron chi connectivity index (χ2n) is 7.39. The van der Waals surface area contributed by atoms with Gasteiger partial charge in [-0.15, -0.1) is 0 Å². The van der Waals surface area contributed by atoms with Crippen molar-refractivity contribution in [3.63, 3.8) is 0 Å². The second kappa shape index (κ2) is 7.25. The summed E-state index contributed by atoms with van der Waals surface area (Å²) in [7, 11) is 0. The van der Waals surface area contributed by atoms with Crippen LogP contribution in [0.15, 0.2) is 0 Å². The van der Waals surface area contributed by atoms with Gasteiger partial charge in [-0.3, -0.25) is 9.59 Å². The minimum Gasteiger partial charge on any atom is -0.394 e. The Labute approximate surface area is 128 Å². The molecule has 21 heavy (non-hydrogen) atoms. The maximum Gasteiger partial charge on any atom is 0.247 e. The van der Waals surface area contributed by atoms with Crippen LogP contribution >= 0.6 is 0 Å². The van der Waals surface area contributed by atoms with Gasteiger partial charge in [-0.2, -0.15) is 0 Å². The summed E-state index contributed by atoms with van der Waals surface area (Å²) in [4.78, 5) is 26.0. The molecule has 0 aromatic heterocycles. The molecule has 5 heteroatoms. The first-order valence-corrected chi connectivity index (χ1v) is 7.86. The molecule has 1 aliphatic rings. The summed E-state index contributed by atoms with van der Waals surface area (Å²) in [5, 5.41) is 12.1. The quantitative estimate of drug-likeness (QED) is 0.824. The first-order chi connectivity index (χ1) is 9.66. The van der Waals surface area contributed by atoms with Crippen molar-refractivity contribution in [1.29, 1.82) is 0 Å². The molecule has 0 radical (unpaired) electrons. The number of rotatable bonds is 4. The van der Waals surface area contributed by atoms with E-state index in [4.69, 9.17) is 0 Å². The molecular weight excluding hydrogens is 268 g/mol. The highest BCUT2D eigenvalue weighted by Gasteiger charge is 2.34. The number of nitrogens with one attached hydrogen (secondary N) is 1. The zero-order valence-corrected chi connectivity index (χ0v) is 14.0. The maximum absolute atomic E-state index is 12.5. The van der Waals surface area contributed by atoms with E-state index in [0.717, 1.165) is 12.8 Å². The lowest BCUT2D eigenvalue weighted by Crippen LogP contribution is -2.54. The molecule has 2 atom stereocenters. The van der Waals surface area contributed by atoms with Crippen molar-refractivity contribution in [3.8, 4) is 0 Å². The van der Waals surface area contributed by atoms with Crippen molar-refractivity contribution in [2.45, 2.75) is 53.5 Å². The van der Waals surface area contributed by atoms with E-state index in [2.05, 4.69) is 26.1 Å². The van der Waals surface area contributed by atoms with Crippen molar-refractivity contribution in [2.75, 3.05) is 19.7 Å². The Morgan fingerprint density at radius 2 is 1.95 bits per heavy atom. The molecule has 0 aromatic rings. The molecule has 5 nitrogen and oxygen atoms in total. The summed E-state index contributed by atoms with van der Waals surface area (Å²) in [5.41, 5.74) is 0.162. The molecule has 2 N–H and O–H groups in total. The van der Waals surface area contributed by atoms with Gasteiger partial charge in [0.05, 0.1) is 6.61 Å². The maximum atomic E-state index is 12.5. The van der Waals surface area contributed by atoms with Crippen molar-refractivity contribution in [3.05, 3.63) is 0 Å². The molecule has 2 amide bonds. The van der Waals surface area contributed by atoms with Crippen LogP contribution in [0.3, 0.4) is 0 Å². The topological polar surface area (TPSA) is 69.6 Å². The standard InChI is InChI=1S/C16H30N2O3/c1-11(2)14(20)17-13(10-19)15(21)18-8-6-7-12(9-18)16(3,4)5/h11-13,19H,6-10H2,1-5H3,(H,17,20). The largest absolute Gasteiger partial charge is 0.394 e. The van der Waals surface area contributed by atoms with Crippen LogP contribution in [0.5, 0.6) is 0 Å². The first-order valence-electron chi connectivity index (χ1n) is 7.86. The average molecular weight is 298 g/mol. The van der Waals surface area contributed by atoms with Crippen LogP contribution in [0.4, 0.5) is 0 Å². The number of amides is 2. The molecule has 0 aromatic carbocycles. The molecular formula is C16H30N2O3. The van der Waals surface area contributed by atoms with E-state index < -0.39 is 6.04 Å². The molecule has 1 heterocycles. The molecule has 1 saturated heterocycles. The monoisotopic (exact) mass is 298 g/mol. The molecule has 0 bridgehead atoms. The fourth-order valence-electron chi connectivity index (χ4n) is 2.63. The van der Waals surface area contributed by atoms with Crippen LogP contribution in [0, 0.1) is 17.3 Å². The van der Waals surface area contributed by atoms with Gasteiger partial charge in [0.15, 0.2) is 0 Å².